The lowest BCUT2D eigenvalue weighted by Crippen LogP contribution is -2.54. The molecule has 0 aliphatic carbocycles. The molecule has 0 radical (unpaired) electrons. The average Bonchev–Trinajstić information content (AvgIpc) is 2.91. The third kappa shape index (κ3) is 5.77. The molecule has 1 N–H and O–H groups in total. The number of nitrogens with one attached hydrogen (secondary N) is 1. The van der Waals surface area contributed by atoms with Crippen molar-refractivity contribution in [3.8, 4) is 17.6 Å². The van der Waals surface area contributed by atoms with Crippen molar-refractivity contribution in [2.24, 2.45) is 0 Å². The fourth-order valence-corrected chi connectivity index (χ4v) is 4.77. The van der Waals surface area contributed by atoms with Crippen molar-refractivity contribution in [1.82, 2.24) is 5.32 Å². The Bertz CT molecular complexity index is 1480. The molecule has 4 rings (SSSR count). The minimum Gasteiger partial charge on any atom is -0.490 e. The van der Waals surface area contributed by atoms with Crippen LogP contribution in [-0.4, -0.2) is 23.5 Å². The second-order valence-electron chi connectivity index (χ2n) is 8.30. The van der Waals surface area contributed by atoms with Gasteiger partial charge in [-0.3, -0.25) is 19.8 Å². The summed E-state index contributed by atoms with van der Waals surface area (Å²) in [6, 6.07) is 20.2. The van der Waals surface area contributed by atoms with E-state index in [1.54, 1.807) is 36.4 Å². The molecule has 0 aromatic heterocycles. The standard InChI is InChI=1S/C29H24BrN3O4S/c1-3-18-9-11-22(12-10-18)33-28(35)23(27(34)32-29(33)38)13-19-14-24(30)26(25(15-19)36-4-2)37-17-21-8-6-5-7-20(21)16-31/h5-15H,3-4,17H2,1-2H3,(H,32,34,38)/b23-13+. The summed E-state index contributed by atoms with van der Waals surface area (Å²) < 4.78 is 12.4. The Kier molecular flexibility index (Phi) is 8.56. The zero-order chi connectivity index (χ0) is 27.2. The third-order valence-corrected chi connectivity index (χ3v) is 6.73. The first-order valence-corrected chi connectivity index (χ1v) is 13.1. The molecule has 38 heavy (non-hydrogen) atoms. The summed E-state index contributed by atoms with van der Waals surface area (Å²) >= 11 is 8.83. The summed E-state index contributed by atoms with van der Waals surface area (Å²) in [5, 5.41) is 12.0. The lowest BCUT2D eigenvalue weighted by atomic mass is 10.1. The van der Waals surface area contributed by atoms with Crippen LogP contribution in [0.25, 0.3) is 6.08 Å². The van der Waals surface area contributed by atoms with Gasteiger partial charge in [0, 0.05) is 5.56 Å². The SMILES string of the molecule is CCOc1cc(/C=C2\C(=O)NC(=S)N(c3ccc(CC)cc3)C2=O)cc(Br)c1OCc1ccccc1C#N. The number of nitrogens with zero attached hydrogens (tertiary/aromatic N) is 2. The van der Waals surface area contributed by atoms with Crippen LogP contribution < -0.4 is 19.7 Å². The number of hydrogen-bond donors (Lipinski definition) is 1. The molecule has 1 saturated heterocycles. The Balaban J connectivity index is 1.66. The van der Waals surface area contributed by atoms with Gasteiger partial charge in [0.05, 0.1) is 28.4 Å². The minimum atomic E-state index is -0.580. The molecular formula is C29H24BrN3O4S. The van der Waals surface area contributed by atoms with Gasteiger partial charge in [-0.2, -0.15) is 5.26 Å². The second-order valence-corrected chi connectivity index (χ2v) is 9.54. The summed E-state index contributed by atoms with van der Waals surface area (Å²) in [7, 11) is 0. The lowest BCUT2D eigenvalue weighted by Gasteiger charge is -2.29. The summed E-state index contributed by atoms with van der Waals surface area (Å²) in [6.07, 6.45) is 2.36. The van der Waals surface area contributed by atoms with E-state index in [-0.39, 0.29) is 17.3 Å². The van der Waals surface area contributed by atoms with Crippen LogP contribution in [0.2, 0.25) is 0 Å². The molecule has 1 fully saturated rings. The summed E-state index contributed by atoms with van der Waals surface area (Å²) in [4.78, 5) is 27.5. The maximum absolute atomic E-state index is 13.4. The number of hydrogen-bond acceptors (Lipinski definition) is 6. The predicted molar refractivity (Wildman–Crippen MR) is 153 cm³/mol. The van der Waals surface area contributed by atoms with Crippen LogP contribution >= 0.6 is 28.1 Å². The van der Waals surface area contributed by atoms with Gasteiger partial charge in [0.25, 0.3) is 11.8 Å². The van der Waals surface area contributed by atoms with Gasteiger partial charge in [-0.15, -0.1) is 0 Å². The zero-order valence-corrected chi connectivity index (χ0v) is 23.2. The number of carbonyl (C=O) groups is 2. The van der Waals surface area contributed by atoms with E-state index in [2.05, 4.69) is 27.3 Å². The highest BCUT2D eigenvalue weighted by Crippen LogP contribution is 2.38. The minimum absolute atomic E-state index is 0.0268. The number of amides is 2. The monoisotopic (exact) mass is 589 g/mol. The molecule has 1 heterocycles. The van der Waals surface area contributed by atoms with E-state index in [1.807, 2.05) is 38.1 Å². The van der Waals surface area contributed by atoms with E-state index in [4.69, 9.17) is 21.7 Å². The number of halogens is 1. The van der Waals surface area contributed by atoms with Crippen LogP contribution in [0.4, 0.5) is 5.69 Å². The predicted octanol–water partition coefficient (Wildman–Crippen LogP) is 5.69. The topological polar surface area (TPSA) is 91.7 Å². The lowest BCUT2D eigenvalue weighted by molar-refractivity contribution is -0.122. The largest absolute Gasteiger partial charge is 0.490 e. The Morgan fingerprint density at radius 2 is 1.82 bits per heavy atom. The molecule has 0 unspecified atom stereocenters. The van der Waals surface area contributed by atoms with Crippen molar-refractivity contribution >= 4 is 56.8 Å². The van der Waals surface area contributed by atoms with E-state index in [0.717, 1.165) is 17.5 Å². The van der Waals surface area contributed by atoms with Gasteiger partial charge in [-0.25, -0.2) is 0 Å². The Morgan fingerprint density at radius 1 is 1.08 bits per heavy atom. The number of ether oxygens (including phenoxy) is 2. The van der Waals surface area contributed by atoms with Gasteiger partial charge in [0.2, 0.25) is 0 Å². The van der Waals surface area contributed by atoms with Crippen LogP contribution in [0, 0.1) is 11.3 Å². The molecule has 1 aliphatic rings. The smallest absolute Gasteiger partial charge is 0.270 e. The maximum atomic E-state index is 13.4. The molecule has 7 nitrogen and oxygen atoms in total. The molecule has 2 amide bonds. The molecule has 0 saturated carbocycles. The van der Waals surface area contributed by atoms with Crippen molar-refractivity contribution in [2.75, 3.05) is 11.5 Å². The highest BCUT2D eigenvalue weighted by atomic mass is 79.9. The van der Waals surface area contributed by atoms with Crippen LogP contribution in [0.3, 0.4) is 0 Å². The van der Waals surface area contributed by atoms with E-state index in [0.29, 0.717) is 39.4 Å². The molecule has 192 valence electrons. The van der Waals surface area contributed by atoms with Gasteiger partial charge in [0.15, 0.2) is 16.6 Å². The van der Waals surface area contributed by atoms with Gasteiger partial charge < -0.3 is 9.47 Å². The van der Waals surface area contributed by atoms with Crippen molar-refractivity contribution in [2.45, 2.75) is 26.9 Å². The van der Waals surface area contributed by atoms with Gasteiger partial charge in [-0.1, -0.05) is 37.3 Å². The zero-order valence-electron chi connectivity index (χ0n) is 20.8. The normalized spacial score (nSPS) is 14.3. The van der Waals surface area contributed by atoms with Crippen molar-refractivity contribution in [3.63, 3.8) is 0 Å². The summed E-state index contributed by atoms with van der Waals surface area (Å²) in [5.74, 6) is -0.233. The van der Waals surface area contributed by atoms with E-state index in [9.17, 15) is 14.9 Å². The molecule has 0 bridgehead atoms. The quantitative estimate of drug-likeness (QED) is 0.206. The Hall–Kier alpha value is -4.00. The molecule has 3 aromatic carbocycles. The highest BCUT2D eigenvalue weighted by molar-refractivity contribution is 9.10. The summed E-state index contributed by atoms with van der Waals surface area (Å²) in [5.41, 5.74) is 3.44. The first-order chi connectivity index (χ1) is 18.4. The summed E-state index contributed by atoms with van der Waals surface area (Å²) in [6.45, 7) is 4.41. The van der Waals surface area contributed by atoms with E-state index in [1.165, 1.54) is 11.0 Å². The van der Waals surface area contributed by atoms with Crippen LogP contribution in [0.15, 0.2) is 70.7 Å². The molecule has 1 aliphatic heterocycles. The first-order valence-electron chi connectivity index (χ1n) is 11.9. The average molecular weight is 590 g/mol. The number of thiocarbonyl (C=S) groups is 1. The number of aryl methyl sites for hydroxylation is 1. The molecule has 3 aromatic rings. The number of rotatable bonds is 8. The Morgan fingerprint density at radius 3 is 2.50 bits per heavy atom. The van der Waals surface area contributed by atoms with Crippen molar-refractivity contribution in [1.29, 1.82) is 5.26 Å². The molecule has 9 heteroatoms. The van der Waals surface area contributed by atoms with Crippen molar-refractivity contribution in [3.05, 3.63) is 93.0 Å². The van der Waals surface area contributed by atoms with Crippen molar-refractivity contribution < 1.29 is 19.1 Å². The molecule has 0 atom stereocenters. The number of nitriles is 1. The fourth-order valence-electron chi connectivity index (χ4n) is 3.92. The molecular weight excluding hydrogens is 566 g/mol. The van der Waals surface area contributed by atoms with Crippen LogP contribution in [0.5, 0.6) is 11.5 Å². The number of anilines is 1. The van der Waals surface area contributed by atoms with Crippen LogP contribution in [-0.2, 0) is 22.6 Å². The maximum Gasteiger partial charge on any atom is 0.270 e. The highest BCUT2D eigenvalue weighted by Gasteiger charge is 2.34. The second kappa shape index (κ2) is 12.0. The van der Waals surface area contributed by atoms with E-state index < -0.39 is 11.8 Å². The molecule has 0 spiro atoms. The van der Waals surface area contributed by atoms with Gasteiger partial charge in [0.1, 0.15) is 12.2 Å². The Labute approximate surface area is 234 Å². The first kappa shape index (κ1) is 27.0. The van der Waals surface area contributed by atoms with E-state index >= 15 is 0 Å². The van der Waals surface area contributed by atoms with Crippen LogP contribution in [0.1, 0.15) is 36.1 Å². The van der Waals surface area contributed by atoms with Gasteiger partial charge in [-0.05, 0) is 89.0 Å². The fraction of sp³-hybridized carbons (Fsp3) is 0.172. The van der Waals surface area contributed by atoms with Gasteiger partial charge >= 0.3 is 0 Å². The number of carbonyl (C=O) groups excluding carboxylic acids is 2. The number of benzene rings is 3. The third-order valence-electron chi connectivity index (χ3n) is 5.86.